The number of benzene rings is 1. The summed E-state index contributed by atoms with van der Waals surface area (Å²) in [5.41, 5.74) is 0.790. The lowest BCUT2D eigenvalue weighted by atomic mass is 10.2. The van der Waals surface area contributed by atoms with E-state index in [4.69, 9.17) is 4.42 Å². The van der Waals surface area contributed by atoms with E-state index in [0.29, 0.717) is 10.7 Å². The van der Waals surface area contributed by atoms with Gasteiger partial charge < -0.3 is 4.42 Å². The molecule has 3 heterocycles. The number of carbonyl (C=O) groups excluding carboxylic acids is 4. The van der Waals surface area contributed by atoms with Crippen molar-refractivity contribution in [2.45, 2.75) is 0 Å². The fourth-order valence-electron chi connectivity index (χ4n) is 2.80. The molecule has 4 rings (SSSR count). The van der Waals surface area contributed by atoms with Crippen LogP contribution in [0.25, 0.3) is 12.2 Å². The van der Waals surface area contributed by atoms with Crippen molar-refractivity contribution in [3.8, 4) is 0 Å². The fraction of sp³-hybridized carbons (Fsp3) is 0.100. The zero-order chi connectivity index (χ0) is 21.3. The van der Waals surface area contributed by atoms with Crippen LogP contribution in [0.2, 0.25) is 0 Å². The molecule has 10 heteroatoms. The van der Waals surface area contributed by atoms with Crippen molar-refractivity contribution in [3.05, 3.63) is 68.3 Å². The third kappa shape index (κ3) is 4.30. The van der Waals surface area contributed by atoms with Crippen molar-refractivity contribution in [1.82, 2.24) is 9.80 Å². The first kappa shape index (κ1) is 20.7. The molecular weight excluding hydrogens is 492 g/mol. The van der Waals surface area contributed by atoms with Crippen LogP contribution in [0.1, 0.15) is 11.3 Å². The summed E-state index contributed by atoms with van der Waals surface area (Å²) in [6.45, 7) is -0.127. The number of nitrogens with zero attached hydrogens (tertiary/aromatic N) is 2. The van der Waals surface area contributed by atoms with Crippen LogP contribution < -0.4 is 0 Å². The molecule has 0 atom stereocenters. The molecule has 1 aromatic heterocycles. The molecule has 2 fully saturated rings. The monoisotopic (exact) mass is 504 g/mol. The lowest BCUT2D eigenvalue weighted by Crippen LogP contribution is -2.39. The summed E-state index contributed by atoms with van der Waals surface area (Å²) in [6, 6.07) is 10.7. The topological polar surface area (TPSA) is 87.9 Å². The van der Waals surface area contributed by atoms with Gasteiger partial charge in [-0.05, 0) is 59.4 Å². The maximum Gasteiger partial charge on any atom is 0.293 e. The van der Waals surface area contributed by atoms with Crippen LogP contribution in [-0.2, 0) is 9.59 Å². The maximum absolute atomic E-state index is 12.6. The van der Waals surface area contributed by atoms with Gasteiger partial charge in [0.1, 0.15) is 5.76 Å². The van der Waals surface area contributed by atoms with Gasteiger partial charge in [0.2, 0.25) is 0 Å². The molecule has 0 saturated carbocycles. The highest BCUT2D eigenvalue weighted by Gasteiger charge is 2.39. The van der Waals surface area contributed by atoms with Gasteiger partial charge in [0.15, 0.2) is 0 Å². The van der Waals surface area contributed by atoms with Crippen molar-refractivity contribution in [3.63, 3.8) is 0 Å². The van der Waals surface area contributed by atoms with E-state index in [1.165, 1.54) is 12.3 Å². The summed E-state index contributed by atoms with van der Waals surface area (Å²) < 4.78 is 6.08. The smallest absolute Gasteiger partial charge is 0.293 e. The van der Waals surface area contributed by atoms with Crippen LogP contribution in [0, 0.1) is 0 Å². The molecule has 0 unspecified atom stereocenters. The Kier molecular flexibility index (Phi) is 5.98. The number of furan rings is 1. The quantitative estimate of drug-likeness (QED) is 0.539. The van der Waals surface area contributed by atoms with Crippen LogP contribution in [0.3, 0.4) is 0 Å². The predicted octanol–water partition coefficient (Wildman–Crippen LogP) is 4.81. The Balaban J connectivity index is 1.43. The normalized spacial score (nSPS) is 19.8. The molecule has 2 aliphatic rings. The number of thioether (sulfide) groups is 2. The Labute approximate surface area is 188 Å². The Morgan fingerprint density at radius 1 is 0.833 bits per heavy atom. The van der Waals surface area contributed by atoms with E-state index in [1.807, 2.05) is 24.3 Å². The number of hydrogen-bond acceptors (Lipinski definition) is 7. The van der Waals surface area contributed by atoms with Crippen LogP contribution in [0.15, 0.2) is 61.4 Å². The first-order valence-electron chi connectivity index (χ1n) is 8.72. The van der Waals surface area contributed by atoms with E-state index in [-0.39, 0.29) is 18.0 Å². The van der Waals surface area contributed by atoms with Crippen molar-refractivity contribution >= 4 is 73.9 Å². The Bertz CT molecular complexity index is 1090. The number of hydrogen-bond donors (Lipinski definition) is 0. The third-order valence-electron chi connectivity index (χ3n) is 4.28. The third-order valence-corrected chi connectivity index (χ3v) is 6.62. The highest BCUT2D eigenvalue weighted by Crippen LogP contribution is 2.34. The average Bonchev–Trinajstić information content (AvgIpc) is 3.39. The summed E-state index contributed by atoms with van der Waals surface area (Å²) in [7, 11) is 0. The molecule has 7 nitrogen and oxygen atoms in total. The van der Waals surface area contributed by atoms with Gasteiger partial charge in [-0.15, -0.1) is 0 Å². The van der Waals surface area contributed by atoms with Gasteiger partial charge in [-0.2, -0.15) is 0 Å². The molecule has 1 aromatic carbocycles. The first-order valence-corrected chi connectivity index (χ1v) is 11.1. The van der Waals surface area contributed by atoms with Gasteiger partial charge in [0.25, 0.3) is 22.3 Å². The molecule has 2 aromatic rings. The summed E-state index contributed by atoms with van der Waals surface area (Å²) in [6.07, 6.45) is 4.60. The first-order chi connectivity index (χ1) is 14.4. The van der Waals surface area contributed by atoms with Gasteiger partial charge in [-0.3, -0.25) is 29.0 Å². The maximum atomic E-state index is 12.6. The molecule has 0 aliphatic carbocycles. The molecule has 0 bridgehead atoms. The second kappa shape index (κ2) is 8.66. The lowest BCUT2D eigenvalue weighted by molar-refractivity contribution is -0.125. The summed E-state index contributed by atoms with van der Waals surface area (Å²) >= 11 is 4.98. The standard InChI is InChI=1S/C20H13BrN2O5S2/c21-13-5-3-12(4-6-13)10-15-17(24)22(19(26)29-15)7-8-23-18(25)16(30-20(23)27)11-14-2-1-9-28-14/h1-6,9-11H,7-8H2. The van der Waals surface area contributed by atoms with Gasteiger partial charge >= 0.3 is 0 Å². The van der Waals surface area contributed by atoms with E-state index in [1.54, 1.807) is 18.2 Å². The lowest BCUT2D eigenvalue weighted by Gasteiger charge is -2.17. The second-order valence-electron chi connectivity index (χ2n) is 6.23. The second-order valence-corrected chi connectivity index (χ2v) is 9.14. The zero-order valence-electron chi connectivity index (χ0n) is 15.2. The van der Waals surface area contributed by atoms with Crippen LogP contribution in [0.4, 0.5) is 9.59 Å². The molecule has 2 aliphatic heterocycles. The van der Waals surface area contributed by atoms with Crippen LogP contribution in [0.5, 0.6) is 0 Å². The molecule has 0 spiro atoms. The minimum Gasteiger partial charge on any atom is -0.465 e. The van der Waals surface area contributed by atoms with Crippen molar-refractivity contribution in [2.75, 3.05) is 13.1 Å². The largest absolute Gasteiger partial charge is 0.465 e. The average molecular weight is 505 g/mol. The molecule has 4 amide bonds. The number of amides is 4. The number of halogens is 1. The fourth-order valence-corrected chi connectivity index (χ4v) is 4.77. The number of carbonyl (C=O) groups is 4. The van der Waals surface area contributed by atoms with E-state index in [0.717, 1.165) is 43.4 Å². The summed E-state index contributed by atoms with van der Waals surface area (Å²) in [5, 5.41) is -0.878. The van der Waals surface area contributed by atoms with Crippen LogP contribution in [-0.4, -0.2) is 45.2 Å². The molecule has 0 N–H and O–H groups in total. The van der Waals surface area contributed by atoms with Gasteiger partial charge in [-0.25, -0.2) is 0 Å². The molecule has 0 radical (unpaired) electrons. The Morgan fingerprint density at radius 3 is 1.93 bits per heavy atom. The van der Waals surface area contributed by atoms with Gasteiger partial charge in [-0.1, -0.05) is 28.1 Å². The highest BCUT2D eigenvalue weighted by molar-refractivity contribution is 9.10. The molecular formula is C20H13BrN2O5S2. The predicted molar refractivity (Wildman–Crippen MR) is 118 cm³/mol. The van der Waals surface area contributed by atoms with E-state index in [9.17, 15) is 19.2 Å². The minimum atomic E-state index is -0.473. The van der Waals surface area contributed by atoms with E-state index >= 15 is 0 Å². The van der Waals surface area contributed by atoms with Crippen LogP contribution >= 0.6 is 39.5 Å². The van der Waals surface area contributed by atoms with E-state index < -0.39 is 22.3 Å². The molecule has 152 valence electrons. The van der Waals surface area contributed by atoms with Crippen molar-refractivity contribution in [2.24, 2.45) is 0 Å². The van der Waals surface area contributed by atoms with Gasteiger partial charge in [0.05, 0.1) is 16.1 Å². The zero-order valence-corrected chi connectivity index (χ0v) is 18.5. The summed E-state index contributed by atoms with van der Waals surface area (Å²) in [4.78, 5) is 52.2. The van der Waals surface area contributed by atoms with Crippen molar-refractivity contribution < 1.29 is 23.6 Å². The van der Waals surface area contributed by atoms with Crippen molar-refractivity contribution in [1.29, 1.82) is 0 Å². The highest BCUT2D eigenvalue weighted by atomic mass is 79.9. The number of rotatable bonds is 5. The minimum absolute atomic E-state index is 0.0611. The molecule has 30 heavy (non-hydrogen) atoms. The molecule has 2 saturated heterocycles. The Hall–Kier alpha value is -2.56. The summed E-state index contributed by atoms with van der Waals surface area (Å²) in [5.74, 6) is -0.450. The SMILES string of the molecule is O=C1SC(=Cc2ccc(Br)cc2)C(=O)N1CCN1C(=O)SC(=Cc2ccco2)C1=O. The van der Waals surface area contributed by atoms with Gasteiger partial charge in [0, 0.05) is 23.6 Å². The number of imide groups is 2. The Morgan fingerprint density at radius 2 is 1.40 bits per heavy atom. The van der Waals surface area contributed by atoms with E-state index in [2.05, 4.69) is 15.9 Å².